The van der Waals surface area contributed by atoms with Gasteiger partial charge in [0.1, 0.15) is 12.7 Å². The molecule has 0 aromatic rings. The van der Waals surface area contributed by atoms with Crippen molar-refractivity contribution in [2.24, 2.45) is 0 Å². The third-order valence-corrected chi connectivity index (χ3v) is 0.681. The van der Waals surface area contributed by atoms with Crippen molar-refractivity contribution < 1.29 is 19.8 Å². The zero-order chi connectivity index (χ0) is 8.85. The van der Waals surface area contributed by atoms with E-state index >= 15 is 0 Å². The molecule has 0 aromatic heterocycles. The van der Waals surface area contributed by atoms with E-state index in [2.05, 4.69) is 9.68 Å². The van der Waals surface area contributed by atoms with Crippen LogP contribution >= 0.6 is 0 Å². The average Bonchev–Trinajstić information content (AvgIpc) is 1.82. The number of hydrogen-bond acceptors (Lipinski definition) is 6. The Bertz CT molecular complexity index is 158. The molecule has 0 heterocycles. The van der Waals surface area contributed by atoms with Crippen LogP contribution in [0.3, 0.4) is 0 Å². The fourth-order valence-corrected chi connectivity index (χ4v) is 0.343. The molecule has 0 rings (SSSR count). The van der Waals surface area contributed by atoms with Gasteiger partial charge in [0, 0.05) is 0 Å². The van der Waals surface area contributed by atoms with Crippen molar-refractivity contribution in [3.63, 3.8) is 0 Å². The van der Waals surface area contributed by atoms with Gasteiger partial charge in [-0.3, -0.25) is 0 Å². The van der Waals surface area contributed by atoms with Gasteiger partial charge in [-0.25, -0.2) is 0 Å². The van der Waals surface area contributed by atoms with Crippen molar-refractivity contribution in [2.75, 3.05) is 6.61 Å². The lowest BCUT2D eigenvalue weighted by molar-refractivity contribution is -0.789. The molecular formula is C3H6N2O6. The smallest absolute Gasteiger partial charge is 0.294 e. The standard InChI is InChI=1S/C3H6N2O6/c1-3(11-5(8)9)2-10-4(6)7/h3H,2H2,1H3. The lowest BCUT2D eigenvalue weighted by Gasteiger charge is -2.05. The van der Waals surface area contributed by atoms with Crippen LogP contribution in [-0.4, -0.2) is 22.9 Å². The van der Waals surface area contributed by atoms with Crippen LogP contribution in [0, 0.1) is 20.2 Å². The molecule has 1 atom stereocenters. The van der Waals surface area contributed by atoms with E-state index in [1.54, 1.807) is 0 Å². The summed E-state index contributed by atoms with van der Waals surface area (Å²) in [5.74, 6) is 0. The summed E-state index contributed by atoms with van der Waals surface area (Å²) in [5.41, 5.74) is 0. The Kier molecular flexibility index (Phi) is 3.63. The third-order valence-electron chi connectivity index (χ3n) is 0.681. The van der Waals surface area contributed by atoms with Gasteiger partial charge in [-0.15, -0.1) is 20.2 Å². The molecule has 64 valence electrons. The van der Waals surface area contributed by atoms with Crippen LogP contribution in [0.1, 0.15) is 6.92 Å². The summed E-state index contributed by atoms with van der Waals surface area (Å²) >= 11 is 0. The van der Waals surface area contributed by atoms with Crippen molar-refractivity contribution in [2.45, 2.75) is 13.0 Å². The van der Waals surface area contributed by atoms with Gasteiger partial charge in [0.2, 0.25) is 0 Å². The summed E-state index contributed by atoms with van der Waals surface area (Å²) in [7, 11) is 0. The van der Waals surface area contributed by atoms with Crippen molar-refractivity contribution in [1.29, 1.82) is 0 Å². The Morgan fingerprint density at radius 2 is 1.91 bits per heavy atom. The van der Waals surface area contributed by atoms with E-state index in [-0.39, 0.29) is 0 Å². The molecule has 0 aliphatic heterocycles. The summed E-state index contributed by atoms with van der Waals surface area (Å²) in [6.45, 7) is 0.834. The number of hydrogen-bond donors (Lipinski definition) is 0. The van der Waals surface area contributed by atoms with Crippen molar-refractivity contribution in [1.82, 2.24) is 0 Å². The molecule has 0 aromatic carbocycles. The van der Waals surface area contributed by atoms with Crippen LogP contribution in [0.25, 0.3) is 0 Å². The Balaban J connectivity index is 3.44. The van der Waals surface area contributed by atoms with E-state index < -0.39 is 22.9 Å². The van der Waals surface area contributed by atoms with Gasteiger partial charge in [0.25, 0.3) is 10.2 Å². The first-order chi connectivity index (χ1) is 5.02. The molecule has 0 spiro atoms. The fraction of sp³-hybridized carbons (Fsp3) is 1.00. The van der Waals surface area contributed by atoms with Crippen LogP contribution in [0.15, 0.2) is 0 Å². The molecule has 0 bridgehead atoms. The monoisotopic (exact) mass is 166 g/mol. The fourth-order valence-electron chi connectivity index (χ4n) is 0.343. The van der Waals surface area contributed by atoms with Gasteiger partial charge in [-0.1, -0.05) is 0 Å². The van der Waals surface area contributed by atoms with Gasteiger partial charge >= 0.3 is 0 Å². The molecule has 0 N–H and O–H groups in total. The molecule has 11 heavy (non-hydrogen) atoms. The molecule has 0 fully saturated rings. The summed E-state index contributed by atoms with van der Waals surface area (Å²) in [5, 5.41) is 17.1. The highest BCUT2D eigenvalue weighted by Crippen LogP contribution is 1.91. The zero-order valence-corrected chi connectivity index (χ0v) is 5.63. The molecule has 8 nitrogen and oxygen atoms in total. The summed E-state index contributed by atoms with van der Waals surface area (Å²) in [6.07, 6.45) is -0.935. The minimum atomic E-state index is -1.04. The summed E-state index contributed by atoms with van der Waals surface area (Å²) in [4.78, 5) is 26.9. The highest BCUT2D eigenvalue weighted by atomic mass is 17.0. The molecule has 0 amide bonds. The SMILES string of the molecule is CC(CO[N+](=O)[O-])O[N+](=O)[O-]. The van der Waals surface area contributed by atoms with Crippen molar-refractivity contribution >= 4 is 0 Å². The maximum atomic E-state index is 9.61. The van der Waals surface area contributed by atoms with Crippen LogP contribution in [0.5, 0.6) is 0 Å². The van der Waals surface area contributed by atoms with E-state index in [0.717, 1.165) is 0 Å². The predicted octanol–water partition coefficient (Wildman–Crippen LogP) is -0.209. The molecule has 1 unspecified atom stereocenters. The molecule has 0 saturated heterocycles. The summed E-state index contributed by atoms with van der Waals surface area (Å²) < 4.78 is 0. The molecule has 0 radical (unpaired) electrons. The van der Waals surface area contributed by atoms with E-state index in [1.165, 1.54) is 6.92 Å². The number of rotatable bonds is 5. The predicted molar refractivity (Wildman–Crippen MR) is 30.5 cm³/mol. The van der Waals surface area contributed by atoms with Crippen LogP contribution < -0.4 is 0 Å². The highest BCUT2D eigenvalue weighted by molar-refractivity contribution is 4.39. The van der Waals surface area contributed by atoms with Gasteiger partial charge in [0.05, 0.1) is 0 Å². The second-order valence-corrected chi connectivity index (χ2v) is 1.66. The zero-order valence-electron chi connectivity index (χ0n) is 5.63. The minimum Gasteiger partial charge on any atom is -0.312 e. The first-order valence-electron chi connectivity index (χ1n) is 2.61. The van der Waals surface area contributed by atoms with Gasteiger partial charge in [-0.2, -0.15) is 0 Å². The van der Waals surface area contributed by atoms with E-state index in [4.69, 9.17) is 0 Å². The van der Waals surface area contributed by atoms with Crippen molar-refractivity contribution in [3.8, 4) is 0 Å². The highest BCUT2D eigenvalue weighted by Gasteiger charge is 2.08. The molecule has 0 saturated carbocycles. The average molecular weight is 166 g/mol. The Labute approximate surface area is 60.9 Å². The number of nitrogens with zero attached hydrogens (tertiary/aromatic N) is 2. The maximum Gasteiger partial charge on any atom is 0.294 e. The largest absolute Gasteiger partial charge is 0.312 e. The van der Waals surface area contributed by atoms with Crippen LogP contribution in [0.2, 0.25) is 0 Å². The quantitative estimate of drug-likeness (QED) is 0.413. The lowest BCUT2D eigenvalue weighted by Crippen LogP contribution is -2.21. The van der Waals surface area contributed by atoms with Gasteiger partial charge in [-0.05, 0) is 6.92 Å². The topological polar surface area (TPSA) is 105 Å². The van der Waals surface area contributed by atoms with Gasteiger partial charge < -0.3 is 9.68 Å². The summed E-state index contributed by atoms with van der Waals surface area (Å²) in [6, 6.07) is 0. The lowest BCUT2D eigenvalue weighted by atomic mass is 10.5. The molecule has 0 aliphatic rings. The van der Waals surface area contributed by atoms with Crippen molar-refractivity contribution in [3.05, 3.63) is 20.2 Å². The Hall–Kier alpha value is -1.60. The van der Waals surface area contributed by atoms with Crippen LogP contribution in [0.4, 0.5) is 0 Å². The molecular weight excluding hydrogens is 160 g/mol. The normalized spacial score (nSPS) is 11.7. The first kappa shape index (κ1) is 9.40. The second kappa shape index (κ2) is 4.25. The Morgan fingerprint density at radius 1 is 1.36 bits per heavy atom. The molecule has 8 heteroatoms. The third kappa shape index (κ3) is 6.28. The van der Waals surface area contributed by atoms with Gasteiger partial charge in [0.15, 0.2) is 0 Å². The Morgan fingerprint density at radius 3 is 2.27 bits per heavy atom. The van der Waals surface area contributed by atoms with E-state index in [9.17, 15) is 20.2 Å². The van der Waals surface area contributed by atoms with E-state index in [0.29, 0.717) is 0 Å². The molecule has 0 aliphatic carbocycles. The maximum absolute atomic E-state index is 9.61. The second-order valence-electron chi connectivity index (χ2n) is 1.66. The van der Waals surface area contributed by atoms with Crippen LogP contribution in [-0.2, 0) is 9.68 Å². The minimum absolute atomic E-state index is 0.450. The van der Waals surface area contributed by atoms with E-state index in [1.807, 2.05) is 0 Å². The first-order valence-corrected chi connectivity index (χ1v) is 2.61.